The van der Waals surface area contributed by atoms with Crippen LogP contribution in [0.15, 0.2) is 24.3 Å². The number of phenols is 2. The quantitative estimate of drug-likeness (QED) is 0.484. The molecule has 0 amide bonds. The van der Waals surface area contributed by atoms with Crippen molar-refractivity contribution in [3.05, 3.63) is 24.3 Å². The molecular weight excluding hydrogens is 146 g/mol. The van der Waals surface area contributed by atoms with Gasteiger partial charge in [-0.3, -0.25) is 0 Å². The van der Waals surface area contributed by atoms with Crippen molar-refractivity contribution in [1.29, 1.82) is 5.26 Å². The van der Waals surface area contributed by atoms with Crippen LogP contribution in [0.1, 0.15) is 0 Å². The second kappa shape index (κ2) is 4.94. The predicted molar refractivity (Wildman–Crippen MR) is 37.3 cm³/mol. The summed E-state index contributed by atoms with van der Waals surface area (Å²) in [6.07, 6.45) is 0.750. The molecule has 0 spiro atoms. The zero-order valence-electron chi connectivity index (χ0n) is 5.60. The van der Waals surface area contributed by atoms with Gasteiger partial charge in [0.1, 0.15) is 11.5 Å². The topological polar surface area (TPSA) is 84.5 Å². The molecule has 0 aliphatic heterocycles. The number of benzene rings is 1. The molecule has 4 heteroatoms. The molecule has 0 saturated carbocycles. The number of aliphatic hydroxyl groups excluding tert-OH is 1. The second-order valence-electron chi connectivity index (χ2n) is 1.62. The maximum absolute atomic E-state index is 8.65. The van der Waals surface area contributed by atoms with E-state index in [2.05, 4.69) is 0 Å². The average molecular weight is 153 g/mol. The molecule has 0 aromatic heterocycles. The first-order chi connectivity index (χ1) is 5.20. The minimum Gasteiger partial charge on any atom is -0.508 e. The van der Waals surface area contributed by atoms with Gasteiger partial charge in [-0.25, -0.2) is 0 Å². The molecule has 0 aliphatic rings. The molecule has 0 heterocycles. The van der Waals surface area contributed by atoms with Crippen molar-refractivity contribution < 1.29 is 15.3 Å². The molecule has 1 aromatic rings. The smallest absolute Gasteiger partial charge is 0.283 e. The van der Waals surface area contributed by atoms with Crippen LogP contribution in [0, 0.1) is 11.5 Å². The minimum absolute atomic E-state index is 0.0880. The fourth-order valence-corrected chi connectivity index (χ4v) is 0.493. The first-order valence-corrected chi connectivity index (χ1v) is 2.72. The molecule has 1 rings (SSSR count). The summed E-state index contributed by atoms with van der Waals surface area (Å²) in [5.41, 5.74) is 0. The number of hydrogen-bond acceptors (Lipinski definition) is 4. The van der Waals surface area contributed by atoms with Crippen molar-refractivity contribution in [3.63, 3.8) is 0 Å². The lowest BCUT2D eigenvalue weighted by molar-refractivity contribution is 0.450. The summed E-state index contributed by atoms with van der Waals surface area (Å²) in [6.45, 7) is 0. The Morgan fingerprint density at radius 3 is 1.73 bits per heavy atom. The number of rotatable bonds is 0. The van der Waals surface area contributed by atoms with Crippen molar-refractivity contribution >= 4 is 0 Å². The van der Waals surface area contributed by atoms with Gasteiger partial charge in [0.05, 0.1) is 0 Å². The van der Waals surface area contributed by atoms with Gasteiger partial charge in [-0.15, -0.1) is 0 Å². The highest BCUT2D eigenvalue weighted by Gasteiger charge is 1.85. The Hall–Kier alpha value is -1.89. The van der Waals surface area contributed by atoms with Crippen LogP contribution < -0.4 is 0 Å². The molecule has 0 radical (unpaired) electrons. The van der Waals surface area contributed by atoms with E-state index < -0.39 is 0 Å². The highest BCUT2D eigenvalue weighted by Crippen LogP contribution is 2.14. The Morgan fingerprint density at radius 1 is 1.18 bits per heavy atom. The highest BCUT2D eigenvalue weighted by atomic mass is 16.3. The molecule has 0 unspecified atom stereocenters. The Balaban J connectivity index is 0.000000292. The molecule has 58 valence electrons. The van der Waals surface area contributed by atoms with Gasteiger partial charge in [0.15, 0.2) is 0 Å². The third-order valence-electron chi connectivity index (χ3n) is 0.830. The van der Waals surface area contributed by atoms with Crippen LogP contribution >= 0.6 is 0 Å². The first kappa shape index (κ1) is 9.11. The summed E-state index contributed by atoms with van der Waals surface area (Å²) >= 11 is 0. The van der Waals surface area contributed by atoms with Crippen molar-refractivity contribution in [1.82, 2.24) is 0 Å². The molecule has 0 fully saturated rings. The largest absolute Gasteiger partial charge is 0.508 e. The lowest BCUT2D eigenvalue weighted by atomic mass is 10.3. The van der Waals surface area contributed by atoms with E-state index in [4.69, 9.17) is 20.6 Å². The fourth-order valence-electron chi connectivity index (χ4n) is 0.493. The molecular formula is C7H7NO3. The maximum Gasteiger partial charge on any atom is 0.283 e. The van der Waals surface area contributed by atoms with Crippen LogP contribution in [0.2, 0.25) is 0 Å². The average Bonchev–Trinajstić information content (AvgIpc) is 1.88. The van der Waals surface area contributed by atoms with Crippen molar-refractivity contribution in [2.45, 2.75) is 0 Å². The molecule has 0 saturated heterocycles. The van der Waals surface area contributed by atoms with Gasteiger partial charge in [-0.05, 0) is 12.1 Å². The summed E-state index contributed by atoms with van der Waals surface area (Å²) in [7, 11) is 0. The van der Waals surface area contributed by atoms with Gasteiger partial charge in [0, 0.05) is 6.07 Å². The van der Waals surface area contributed by atoms with Crippen molar-refractivity contribution in [2.75, 3.05) is 0 Å². The van der Waals surface area contributed by atoms with Crippen LogP contribution in [0.25, 0.3) is 0 Å². The number of aliphatic hydroxyl groups is 1. The molecule has 1 aromatic carbocycles. The monoisotopic (exact) mass is 153 g/mol. The molecule has 0 bridgehead atoms. The summed E-state index contributed by atoms with van der Waals surface area (Å²) in [5.74, 6) is 0.176. The summed E-state index contributed by atoms with van der Waals surface area (Å²) < 4.78 is 0. The van der Waals surface area contributed by atoms with E-state index in [-0.39, 0.29) is 11.5 Å². The molecule has 4 nitrogen and oxygen atoms in total. The summed E-state index contributed by atoms with van der Waals surface area (Å²) in [5, 5.41) is 31.1. The fraction of sp³-hybridized carbons (Fsp3) is 0. The maximum atomic E-state index is 8.65. The van der Waals surface area contributed by atoms with Crippen molar-refractivity contribution in [3.8, 4) is 17.8 Å². The number of nitriles is 1. The van der Waals surface area contributed by atoms with Gasteiger partial charge < -0.3 is 15.3 Å². The Kier molecular flexibility index (Phi) is 4.09. The minimum atomic E-state index is 0.0880. The lowest BCUT2D eigenvalue weighted by Gasteiger charge is -1.89. The van der Waals surface area contributed by atoms with E-state index in [1.54, 1.807) is 6.07 Å². The van der Waals surface area contributed by atoms with E-state index in [1.165, 1.54) is 18.2 Å². The number of nitrogens with zero attached hydrogens (tertiary/aromatic N) is 1. The molecule has 0 aliphatic carbocycles. The Labute approximate surface area is 63.6 Å². The predicted octanol–water partition coefficient (Wildman–Crippen LogP) is 0.938. The van der Waals surface area contributed by atoms with E-state index in [0.29, 0.717) is 0 Å². The van der Waals surface area contributed by atoms with Gasteiger partial charge >= 0.3 is 0 Å². The normalized spacial score (nSPS) is 7.18. The number of aromatic hydroxyl groups is 2. The molecule has 11 heavy (non-hydrogen) atoms. The van der Waals surface area contributed by atoms with Gasteiger partial charge in [-0.2, -0.15) is 5.26 Å². The third kappa shape index (κ3) is 4.60. The standard InChI is InChI=1S/C6H6O2.CHNO/c7-5-2-1-3-6(8)4-5;2-1-3/h1-4,7-8H;3H. The van der Waals surface area contributed by atoms with Crippen LogP contribution in [0.3, 0.4) is 0 Å². The zero-order chi connectivity index (χ0) is 8.69. The highest BCUT2D eigenvalue weighted by molar-refractivity contribution is 5.30. The van der Waals surface area contributed by atoms with E-state index >= 15 is 0 Å². The second-order valence-corrected chi connectivity index (χ2v) is 1.62. The Bertz CT molecular complexity index is 237. The summed E-state index contributed by atoms with van der Waals surface area (Å²) in [6, 6.07) is 5.85. The van der Waals surface area contributed by atoms with E-state index in [1.807, 2.05) is 0 Å². The van der Waals surface area contributed by atoms with E-state index in [9.17, 15) is 0 Å². The van der Waals surface area contributed by atoms with Crippen LogP contribution in [-0.4, -0.2) is 15.3 Å². The third-order valence-corrected chi connectivity index (χ3v) is 0.830. The van der Waals surface area contributed by atoms with Gasteiger partial charge in [0.2, 0.25) is 0 Å². The SMILES string of the molecule is N#CO.Oc1cccc(O)c1. The van der Waals surface area contributed by atoms with Crippen LogP contribution in [0.4, 0.5) is 0 Å². The van der Waals surface area contributed by atoms with Crippen LogP contribution in [0.5, 0.6) is 11.5 Å². The molecule has 0 atom stereocenters. The van der Waals surface area contributed by atoms with Crippen LogP contribution in [-0.2, 0) is 0 Å². The van der Waals surface area contributed by atoms with E-state index in [0.717, 1.165) is 6.26 Å². The zero-order valence-corrected chi connectivity index (χ0v) is 5.60. The first-order valence-electron chi connectivity index (χ1n) is 2.72. The van der Waals surface area contributed by atoms with Crippen molar-refractivity contribution in [2.24, 2.45) is 0 Å². The Morgan fingerprint density at radius 2 is 1.55 bits per heavy atom. The summed E-state index contributed by atoms with van der Waals surface area (Å²) in [4.78, 5) is 0. The number of hydrogen-bond donors (Lipinski definition) is 3. The van der Waals surface area contributed by atoms with Gasteiger partial charge in [0.25, 0.3) is 6.26 Å². The molecule has 3 N–H and O–H groups in total. The lowest BCUT2D eigenvalue weighted by Crippen LogP contribution is -1.61. The number of phenolic OH excluding ortho intramolecular Hbond substituents is 2. The van der Waals surface area contributed by atoms with Gasteiger partial charge in [-0.1, -0.05) is 6.07 Å².